The zero-order valence-electron chi connectivity index (χ0n) is 9.39. The minimum Gasteiger partial charge on any atom is -0.345 e. The van der Waals surface area contributed by atoms with Crippen LogP contribution in [0.3, 0.4) is 0 Å². The number of fused-ring (bicyclic) bond motifs is 1. The molecular formula is C13H17N3. The van der Waals surface area contributed by atoms with Crippen molar-refractivity contribution >= 4 is 11.0 Å². The van der Waals surface area contributed by atoms with Gasteiger partial charge in [0.25, 0.3) is 0 Å². The van der Waals surface area contributed by atoms with Crippen LogP contribution in [0.1, 0.15) is 19.3 Å². The maximum Gasteiger partial charge on any atom is 0.0880 e. The molecule has 3 rings (SSSR count). The summed E-state index contributed by atoms with van der Waals surface area (Å²) in [7, 11) is 0. The van der Waals surface area contributed by atoms with E-state index < -0.39 is 0 Å². The molecule has 3 heterocycles. The lowest BCUT2D eigenvalue weighted by Gasteiger charge is -2.24. The van der Waals surface area contributed by atoms with Crippen molar-refractivity contribution in [3.8, 4) is 0 Å². The molecule has 16 heavy (non-hydrogen) atoms. The van der Waals surface area contributed by atoms with Gasteiger partial charge in [-0.25, -0.2) is 0 Å². The van der Waals surface area contributed by atoms with Crippen molar-refractivity contribution in [1.29, 1.82) is 0 Å². The molecule has 2 aromatic heterocycles. The fourth-order valence-corrected chi connectivity index (χ4v) is 2.50. The largest absolute Gasteiger partial charge is 0.345 e. The highest BCUT2D eigenvalue weighted by Crippen LogP contribution is 2.15. The highest BCUT2D eigenvalue weighted by molar-refractivity contribution is 5.75. The van der Waals surface area contributed by atoms with Crippen LogP contribution in [0.15, 0.2) is 30.6 Å². The Bertz CT molecular complexity index is 469. The molecule has 2 aromatic rings. The Morgan fingerprint density at radius 2 is 2.38 bits per heavy atom. The van der Waals surface area contributed by atoms with E-state index in [1.165, 1.54) is 31.3 Å². The standard InChI is InChI=1S/C13H17N3/c1-2-7-14-11(4-1)10-16-9-6-12-13(16)5-3-8-15-12/h3,5-6,8-9,11,14H,1-2,4,7,10H2. The minimum atomic E-state index is 0.629. The van der Waals surface area contributed by atoms with Gasteiger partial charge in [-0.3, -0.25) is 4.98 Å². The van der Waals surface area contributed by atoms with E-state index in [1.807, 2.05) is 12.3 Å². The number of aromatic nitrogens is 2. The summed E-state index contributed by atoms with van der Waals surface area (Å²) in [5.74, 6) is 0. The molecule has 1 N–H and O–H groups in total. The molecular weight excluding hydrogens is 198 g/mol. The predicted octanol–water partition coefficient (Wildman–Crippen LogP) is 2.18. The topological polar surface area (TPSA) is 29.9 Å². The van der Waals surface area contributed by atoms with E-state index in [4.69, 9.17) is 0 Å². The zero-order chi connectivity index (χ0) is 10.8. The van der Waals surface area contributed by atoms with Gasteiger partial charge in [-0.1, -0.05) is 6.42 Å². The van der Waals surface area contributed by atoms with Crippen molar-refractivity contribution in [2.75, 3.05) is 6.54 Å². The van der Waals surface area contributed by atoms with Crippen LogP contribution in [0.4, 0.5) is 0 Å². The summed E-state index contributed by atoms with van der Waals surface area (Å²) in [4.78, 5) is 4.35. The fraction of sp³-hybridized carbons (Fsp3) is 0.462. The van der Waals surface area contributed by atoms with Crippen LogP contribution in [0.25, 0.3) is 11.0 Å². The fourth-order valence-electron chi connectivity index (χ4n) is 2.50. The summed E-state index contributed by atoms with van der Waals surface area (Å²) < 4.78 is 2.31. The van der Waals surface area contributed by atoms with Gasteiger partial charge in [0.1, 0.15) is 0 Å². The Balaban J connectivity index is 1.83. The van der Waals surface area contributed by atoms with Crippen molar-refractivity contribution in [1.82, 2.24) is 14.9 Å². The number of pyridine rings is 1. The van der Waals surface area contributed by atoms with Crippen LogP contribution in [0, 0.1) is 0 Å². The van der Waals surface area contributed by atoms with E-state index in [-0.39, 0.29) is 0 Å². The second-order valence-electron chi connectivity index (χ2n) is 4.52. The lowest BCUT2D eigenvalue weighted by Crippen LogP contribution is -2.37. The summed E-state index contributed by atoms with van der Waals surface area (Å²) in [5, 5.41) is 3.58. The Labute approximate surface area is 95.5 Å². The SMILES string of the molecule is c1cnc2ccn(CC3CCCCN3)c2c1. The third-order valence-electron chi connectivity index (χ3n) is 3.37. The molecule has 1 aliphatic heterocycles. The number of nitrogens with zero attached hydrogens (tertiary/aromatic N) is 2. The molecule has 0 saturated carbocycles. The first-order chi connectivity index (χ1) is 7.93. The van der Waals surface area contributed by atoms with Gasteiger partial charge in [0.15, 0.2) is 0 Å². The van der Waals surface area contributed by atoms with Crippen LogP contribution in [0.5, 0.6) is 0 Å². The first kappa shape index (κ1) is 9.85. The number of rotatable bonds is 2. The third-order valence-corrected chi connectivity index (χ3v) is 3.37. The van der Waals surface area contributed by atoms with E-state index in [0.29, 0.717) is 6.04 Å². The van der Waals surface area contributed by atoms with Crippen LogP contribution >= 0.6 is 0 Å². The molecule has 0 aromatic carbocycles. The highest BCUT2D eigenvalue weighted by Gasteiger charge is 2.13. The summed E-state index contributed by atoms with van der Waals surface area (Å²) in [6.45, 7) is 2.23. The normalized spacial score (nSPS) is 21.4. The van der Waals surface area contributed by atoms with Gasteiger partial charge in [0.2, 0.25) is 0 Å². The number of hydrogen-bond donors (Lipinski definition) is 1. The maximum atomic E-state index is 4.35. The Kier molecular flexibility index (Phi) is 2.62. The van der Waals surface area contributed by atoms with E-state index in [2.05, 4.69) is 33.2 Å². The van der Waals surface area contributed by atoms with Crippen LogP contribution < -0.4 is 5.32 Å². The van der Waals surface area contributed by atoms with Crippen molar-refractivity contribution in [3.63, 3.8) is 0 Å². The molecule has 0 amide bonds. The minimum absolute atomic E-state index is 0.629. The summed E-state index contributed by atoms with van der Waals surface area (Å²) in [5.41, 5.74) is 2.34. The van der Waals surface area contributed by atoms with Gasteiger partial charge in [-0.05, 0) is 37.6 Å². The van der Waals surface area contributed by atoms with Crippen molar-refractivity contribution < 1.29 is 0 Å². The Morgan fingerprint density at radius 3 is 3.25 bits per heavy atom. The average molecular weight is 215 g/mol. The van der Waals surface area contributed by atoms with Gasteiger partial charge in [-0.15, -0.1) is 0 Å². The molecule has 1 atom stereocenters. The Morgan fingerprint density at radius 1 is 1.38 bits per heavy atom. The predicted molar refractivity (Wildman–Crippen MR) is 65.4 cm³/mol. The molecule has 1 unspecified atom stereocenters. The van der Waals surface area contributed by atoms with Gasteiger partial charge < -0.3 is 9.88 Å². The van der Waals surface area contributed by atoms with Gasteiger partial charge in [-0.2, -0.15) is 0 Å². The van der Waals surface area contributed by atoms with E-state index in [0.717, 1.165) is 12.1 Å². The first-order valence-electron chi connectivity index (χ1n) is 6.07. The monoisotopic (exact) mass is 215 g/mol. The summed E-state index contributed by atoms with van der Waals surface area (Å²) in [6, 6.07) is 6.88. The van der Waals surface area contributed by atoms with Crippen LogP contribution in [-0.4, -0.2) is 22.1 Å². The molecule has 0 bridgehead atoms. The zero-order valence-corrected chi connectivity index (χ0v) is 9.39. The van der Waals surface area contributed by atoms with Crippen molar-refractivity contribution in [2.45, 2.75) is 31.8 Å². The van der Waals surface area contributed by atoms with Crippen LogP contribution in [0.2, 0.25) is 0 Å². The van der Waals surface area contributed by atoms with E-state index >= 15 is 0 Å². The third kappa shape index (κ3) is 1.83. The molecule has 3 nitrogen and oxygen atoms in total. The van der Waals surface area contributed by atoms with Crippen molar-refractivity contribution in [2.24, 2.45) is 0 Å². The number of nitrogens with one attached hydrogen (secondary N) is 1. The Hall–Kier alpha value is -1.35. The van der Waals surface area contributed by atoms with E-state index in [1.54, 1.807) is 0 Å². The lowest BCUT2D eigenvalue weighted by atomic mass is 10.1. The smallest absolute Gasteiger partial charge is 0.0880 e. The molecule has 84 valence electrons. The second-order valence-corrected chi connectivity index (χ2v) is 4.52. The average Bonchev–Trinajstić information content (AvgIpc) is 2.74. The summed E-state index contributed by atoms with van der Waals surface area (Å²) in [6.07, 6.45) is 7.97. The number of hydrogen-bond acceptors (Lipinski definition) is 2. The molecule has 1 aliphatic rings. The molecule has 1 fully saturated rings. The first-order valence-corrected chi connectivity index (χ1v) is 6.07. The summed E-state index contributed by atoms with van der Waals surface area (Å²) >= 11 is 0. The van der Waals surface area contributed by atoms with Gasteiger partial charge in [0, 0.05) is 25.0 Å². The van der Waals surface area contributed by atoms with Gasteiger partial charge in [0.05, 0.1) is 11.0 Å². The van der Waals surface area contributed by atoms with Gasteiger partial charge >= 0.3 is 0 Å². The van der Waals surface area contributed by atoms with Crippen LogP contribution in [-0.2, 0) is 6.54 Å². The maximum absolute atomic E-state index is 4.35. The van der Waals surface area contributed by atoms with Crippen molar-refractivity contribution in [3.05, 3.63) is 30.6 Å². The molecule has 1 saturated heterocycles. The molecule has 3 heteroatoms. The molecule has 0 aliphatic carbocycles. The second kappa shape index (κ2) is 4.26. The highest BCUT2D eigenvalue weighted by atomic mass is 15.0. The number of piperidine rings is 1. The molecule has 0 spiro atoms. The lowest BCUT2D eigenvalue weighted by molar-refractivity contribution is 0.366. The quantitative estimate of drug-likeness (QED) is 0.832. The molecule has 0 radical (unpaired) electrons. The van der Waals surface area contributed by atoms with E-state index in [9.17, 15) is 0 Å².